The van der Waals surface area contributed by atoms with Crippen LogP contribution < -0.4 is 0 Å². The van der Waals surface area contributed by atoms with Crippen LogP contribution in [0.5, 0.6) is 0 Å². The molecule has 3 aromatic rings. The number of ether oxygens (including phenoxy) is 1. The van der Waals surface area contributed by atoms with Crippen molar-refractivity contribution in [2.24, 2.45) is 0 Å². The summed E-state index contributed by atoms with van der Waals surface area (Å²) in [6.07, 6.45) is 2.71. The van der Waals surface area contributed by atoms with Crippen molar-refractivity contribution >= 4 is 10.1 Å². The molecule has 7 nitrogen and oxygen atoms in total. The van der Waals surface area contributed by atoms with E-state index in [0.29, 0.717) is 0 Å². The molecule has 2 aromatic carbocycles. The molecule has 164 valence electrons. The molecule has 4 rings (SSSR count). The van der Waals surface area contributed by atoms with Gasteiger partial charge in [0.15, 0.2) is 0 Å². The number of halogens is 2. The van der Waals surface area contributed by atoms with Crippen LogP contribution in [0.4, 0.5) is 8.78 Å². The molecule has 31 heavy (non-hydrogen) atoms. The fourth-order valence-corrected chi connectivity index (χ4v) is 4.81. The Morgan fingerprint density at radius 2 is 2.00 bits per heavy atom. The maximum absolute atomic E-state index is 14.7. The minimum absolute atomic E-state index is 0.0295. The van der Waals surface area contributed by atoms with Crippen LogP contribution in [0, 0.1) is 11.6 Å². The lowest BCUT2D eigenvalue weighted by Gasteiger charge is -2.29. The standard InChI is InChI=1S/C21H21F2N3O4S/c1-2-15-3-6-18(7-4-15)31(27,28)30-17-10-21(29-11-17,12-26-14-24-13-25-26)19-8-5-16(22)9-20(19)23/h3-9,13-14,17H,2,10-12H2,1H3/t17-,21-/m0/s1. The second-order valence-corrected chi connectivity index (χ2v) is 8.97. The topological polar surface area (TPSA) is 83.3 Å². The van der Waals surface area contributed by atoms with Crippen molar-refractivity contribution in [2.45, 2.75) is 42.9 Å². The summed E-state index contributed by atoms with van der Waals surface area (Å²) in [6, 6.07) is 9.63. The van der Waals surface area contributed by atoms with Crippen molar-refractivity contribution in [2.75, 3.05) is 6.61 Å². The highest BCUT2D eigenvalue weighted by Gasteiger charge is 2.46. The molecule has 0 bridgehead atoms. The van der Waals surface area contributed by atoms with Crippen molar-refractivity contribution in [1.29, 1.82) is 0 Å². The highest BCUT2D eigenvalue weighted by molar-refractivity contribution is 7.86. The van der Waals surface area contributed by atoms with Crippen LogP contribution in [0.2, 0.25) is 0 Å². The molecule has 0 unspecified atom stereocenters. The lowest BCUT2D eigenvalue weighted by atomic mass is 9.89. The Morgan fingerprint density at radius 1 is 1.23 bits per heavy atom. The number of hydrogen-bond donors (Lipinski definition) is 0. The summed E-state index contributed by atoms with van der Waals surface area (Å²) >= 11 is 0. The summed E-state index contributed by atoms with van der Waals surface area (Å²) in [4.78, 5) is 3.91. The summed E-state index contributed by atoms with van der Waals surface area (Å²) in [7, 11) is -4.05. The van der Waals surface area contributed by atoms with E-state index < -0.39 is 33.5 Å². The van der Waals surface area contributed by atoms with Gasteiger partial charge in [0.05, 0.1) is 18.0 Å². The Bertz CT molecular complexity index is 1150. The number of nitrogens with zero attached hydrogens (tertiary/aromatic N) is 3. The molecule has 0 radical (unpaired) electrons. The number of aromatic nitrogens is 3. The van der Waals surface area contributed by atoms with Gasteiger partial charge in [-0.3, -0.25) is 4.18 Å². The van der Waals surface area contributed by atoms with Gasteiger partial charge in [0, 0.05) is 18.1 Å². The van der Waals surface area contributed by atoms with E-state index in [-0.39, 0.29) is 30.0 Å². The maximum Gasteiger partial charge on any atom is 0.297 e. The Labute approximate surface area is 178 Å². The Morgan fingerprint density at radius 3 is 2.65 bits per heavy atom. The summed E-state index contributed by atoms with van der Waals surface area (Å²) < 4.78 is 66.4. The van der Waals surface area contributed by atoms with Crippen molar-refractivity contribution < 1.29 is 26.1 Å². The Hall–Kier alpha value is -2.69. The molecule has 1 saturated heterocycles. The van der Waals surface area contributed by atoms with Crippen LogP contribution in [0.1, 0.15) is 24.5 Å². The van der Waals surface area contributed by atoms with Crippen LogP contribution in [0.3, 0.4) is 0 Å². The van der Waals surface area contributed by atoms with Gasteiger partial charge in [-0.15, -0.1) is 0 Å². The average molecular weight is 449 g/mol. The van der Waals surface area contributed by atoms with Crippen LogP contribution >= 0.6 is 0 Å². The fourth-order valence-electron chi connectivity index (χ4n) is 3.74. The van der Waals surface area contributed by atoms with Crippen molar-refractivity contribution in [3.05, 3.63) is 77.9 Å². The van der Waals surface area contributed by atoms with Gasteiger partial charge >= 0.3 is 0 Å². The highest BCUT2D eigenvalue weighted by Crippen LogP contribution is 2.41. The number of rotatable bonds is 7. The van der Waals surface area contributed by atoms with Crippen molar-refractivity contribution in [3.8, 4) is 0 Å². The van der Waals surface area contributed by atoms with Crippen LogP contribution in [0.15, 0.2) is 60.0 Å². The van der Waals surface area contributed by atoms with E-state index in [0.717, 1.165) is 24.1 Å². The summed E-state index contributed by atoms with van der Waals surface area (Å²) in [5.41, 5.74) is -0.195. The molecule has 1 aliphatic rings. The number of benzene rings is 2. The van der Waals surface area contributed by atoms with Gasteiger partial charge < -0.3 is 4.74 Å². The third kappa shape index (κ3) is 4.51. The first-order valence-electron chi connectivity index (χ1n) is 9.75. The molecule has 2 heterocycles. The Kier molecular flexibility index (Phi) is 5.87. The molecule has 1 aromatic heterocycles. The molecule has 1 fully saturated rings. The van der Waals surface area contributed by atoms with Gasteiger partial charge in [-0.05, 0) is 30.2 Å². The predicted octanol–water partition coefficient (Wildman–Crippen LogP) is 3.21. The predicted molar refractivity (Wildman–Crippen MR) is 107 cm³/mol. The molecule has 2 atom stereocenters. The molecule has 1 aliphatic heterocycles. The van der Waals surface area contributed by atoms with Crippen LogP contribution in [0.25, 0.3) is 0 Å². The maximum atomic E-state index is 14.7. The van der Waals surface area contributed by atoms with E-state index in [4.69, 9.17) is 8.92 Å². The molecule has 0 aliphatic carbocycles. The minimum Gasteiger partial charge on any atom is -0.365 e. The van der Waals surface area contributed by atoms with E-state index in [1.54, 1.807) is 12.1 Å². The summed E-state index contributed by atoms with van der Waals surface area (Å²) in [5, 5.41) is 4.03. The smallest absolute Gasteiger partial charge is 0.297 e. The summed E-state index contributed by atoms with van der Waals surface area (Å²) in [6.45, 7) is 1.94. The van der Waals surface area contributed by atoms with E-state index in [1.807, 2.05) is 6.92 Å². The third-order valence-electron chi connectivity index (χ3n) is 5.29. The minimum atomic E-state index is -4.05. The zero-order valence-corrected chi connectivity index (χ0v) is 17.6. The van der Waals surface area contributed by atoms with Gasteiger partial charge in [0.25, 0.3) is 10.1 Å². The van der Waals surface area contributed by atoms with E-state index in [9.17, 15) is 17.2 Å². The van der Waals surface area contributed by atoms with Crippen LogP contribution in [-0.4, -0.2) is 35.9 Å². The first-order chi connectivity index (χ1) is 14.8. The molecular weight excluding hydrogens is 428 g/mol. The molecule has 0 spiro atoms. The molecule has 0 saturated carbocycles. The first kappa shape index (κ1) is 21.5. The van der Waals surface area contributed by atoms with Crippen molar-refractivity contribution in [1.82, 2.24) is 14.8 Å². The second kappa shape index (κ2) is 8.45. The lowest BCUT2D eigenvalue weighted by molar-refractivity contribution is -0.0212. The molecule has 10 heteroatoms. The number of hydrogen-bond acceptors (Lipinski definition) is 6. The average Bonchev–Trinajstić information content (AvgIpc) is 3.38. The largest absolute Gasteiger partial charge is 0.365 e. The summed E-state index contributed by atoms with van der Waals surface area (Å²) in [5.74, 6) is -1.51. The van der Waals surface area contributed by atoms with Gasteiger partial charge in [-0.2, -0.15) is 13.5 Å². The molecular formula is C21H21F2N3O4S. The van der Waals surface area contributed by atoms with Gasteiger partial charge in [-0.25, -0.2) is 18.4 Å². The van der Waals surface area contributed by atoms with Crippen LogP contribution in [-0.2, 0) is 37.6 Å². The normalized spacial score (nSPS) is 21.5. The number of aryl methyl sites for hydroxylation is 1. The SMILES string of the molecule is CCc1ccc(S(=O)(=O)O[C@@H]2CO[C@@](Cn3cncn3)(c3ccc(F)cc3F)C2)cc1. The zero-order chi connectivity index (χ0) is 22.1. The van der Waals surface area contributed by atoms with Gasteiger partial charge in [0.2, 0.25) is 0 Å². The lowest BCUT2D eigenvalue weighted by Crippen LogP contribution is -2.33. The van der Waals surface area contributed by atoms with E-state index in [1.165, 1.54) is 35.5 Å². The molecule has 0 amide bonds. The Balaban J connectivity index is 1.60. The molecule has 0 N–H and O–H groups in total. The quantitative estimate of drug-likeness (QED) is 0.515. The van der Waals surface area contributed by atoms with Gasteiger partial charge in [-0.1, -0.05) is 25.1 Å². The third-order valence-corrected chi connectivity index (χ3v) is 6.67. The highest BCUT2D eigenvalue weighted by atomic mass is 32.2. The fraction of sp³-hybridized carbons (Fsp3) is 0.333. The van der Waals surface area contributed by atoms with E-state index >= 15 is 0 Å². The van der Waals surface area contributed by atoms with Crippen molar-refractivity contribution in [3.63, 3.8) is 0 Å². The van der Waals surface area contributed by atoms with Gasteiger partial charge in [0.1, 0.15) is 36.0 Å². The second-order valence-electron chi connectivity index (χ2n) is 7.40. The first-order valence-corrected chi connectivity index (χ1v) is 11.2. The zero-order valence-electron chi connectivity index (χ0n) is 16.7. The van der Waals surface area contributed by atoms with E-state index in [2.05, 4.69) is 10.1 Å². The monoisotopic (exact) mass is 449 g/mol.